The van der Waals surface area contributed by atoms with Gasteiger partial charge in [-0.2, -0.15) is 5.10 Å². The Bertz CT molecular complexity index is 976. The second kappa shape index (κ2) is 8.62. The molecule has 0 aliphatic rings. The first kappa shape index (κ1) is 18.8. The van der Waals surface area contributed by atoms with Crippen LogP contribution < -0.4 is 5.56 Å². The second-order valence-electron chi connectivity index (χ2n) is 6.50. The van der Waals surface area contributed by atoms with E-state index in [-0.39, 0.29) is 17.9 Å². The molecule has 0 aliphatic carbocycles. The SMILES string of the molecule is CCN(CC)C(=O)Cc1nn(CCc2ccccc2)c(=O)c2ccccc12. The predicted octanol–water partition coefficient (Wildman–Crippen LogP) is 3.05. The van der Waals surface area contributed by atoms with E-state index in [1.807, 2.05) is 68.4 Å². The minimum atomic E-state index is -0.111. The van der Waals surface area contributed by atoms with Crippen molar-refractivity contribution in [2.75, 3.05) is 13.1 Å². The van der Waals surface area contributed by atoms with Crippen LogP contribution in [0.5, 0.6) is 0 Å². The number of hydrogen-bond acceptors (Lipinski definition) is 3. The van der Waals surface area contributed by atoms with Crippen molar-refractivity contribution in [3.8, 4) is 0 Å². The molecule has 0 spiro atoms. The highest BCUT2D eigenvalue weighted by molar-refractivity contribution is 5.88. The Morgan fingerprint density at radius 1 is 0.963 bits per heavy atom. The monoisotopic (exact) mass is 363 g/mol. The molecule has 0 N–H and O–H groups in total. The summed E-state index contributed by atoms with van der Waals surface area (Å²) < 4.78 is 1.50. The largest absolute Gasteiger partial charge is 0.343 e. The number of benzene rings is 2. The minimum Gasteiger partial charge on any atom is -0.343 e. The van der Waals surface area contributed by atoms with Crippen LogP contribution in [-0.4, -0.2) is 33.7 Å². The third kappa shape index (κ3) is 4.25. The Labute approximate surface area is 159 Å². The fourth-order valence-corrected chi connectivity index (χ4v) is 3.30. The maximum atomic E-state index is 12.8. The normalized spacial score (nSPS) is 10.9. The molecular weight excluding hydrogens is 338 g/mol. The molecule has 3 aromatic rings. The number of fused-ring (bicyclic) bond motifs is 1. The van der Waals surface area contributed by atoms with Gasteiger partial charge in [0.05, 0.1) is 17.5 Å². The molecule has 2 aromatic carbocycles. The van der Waals surface area contributed by atoms with Crippen LogP contribution in [0.4, 0.5) is 0 Å². The zero-order valence-corrected chi connectivity index (χ0v) is 15.9. The van der Waals surface area contributed by atoms with Crippen LogP contribution >= 0.6 is 0 Å². The molecule has 0 fully saturated rings. The first-order valence-corrected chi connectivity index (χ1v) is 9.44. The van der Waals surface area contributed by atoms with Gasteiger partial charge in [-0.3, -0.25) is 9.59 Å². The van der Waals surface area contributed by atoms with Gasteiger partial charge in [-0.25, -0.2) is 4.68 Å². The van der Waals surface area contributed by atoms with Gasteiger partial charge in [0.25, 0.3) is 5.56 Å². The van der Waals surface area contributed by atoms with Crippen LogP contribution in [0, 0.1) is 0 Å². The molecule has 0 atom stereocenters. The molecule has 27 heavy (non-hydrogen) atoms. The minimum absolute atomic E-state index is 0.0333. The number of carbonyl (C=O) groups is 1. The number of aromatic nitrogens is 2. The van der Waals surface area contributed by atoms with Gasteiger partial charge < -0.3 is 4.90 Å². The van der Waals surface area contributed by atoms with Crippen molar-refractivity contribution in [3.63, 3.8) is 0 Å². The van der Waals surface area contributed by atoms with E-state index >= 15 is 0 Å². The Kier molecular flexibility index (Phi) is 6.01. The third-order valence-electron chi connectivity index (χ3n) is 4.83. The molecule has 5 heteroatoms. The van der Waals surface area contributed by atoms with Crippen molar-refractivity contribution in [1.29, 1.82) is 0 Å². The first-order chi connectivity index (χ1) is 13.1. The van der Waals surface area contributed by atoms with Crippen LogP contribution in [-0.2, 0) is 24.2 Å². The summed E-state index contributed by atoms with van der Waals surface area (Å²) in [4.78, 5) is 27.2. The molecule has 5 nitrogen and oxygen atoms in total. The van der Waals surface area contributed by atoms with Crippen molar-refractivity contribution in [2.24, 2.45) is 0 Å². The molecule has 0 saturated heterocycles. The zero-order valence-electron chi connectivity index (χ0n) is 15.9. The number of amides is 1. The van der Waals surface area contributed by atoms with Crippen LogP contribution in [0.15, 0.2) is 59.4 Å². The molecule has 1 heterocycles. The summed E-state index contributed by atoms with van der Waals surface area (Å²) in [6, 6.07) is 17.4. The fraction of sp³-hybridized carbons (Fsp3) is 0.318. The maximum Gasteiger partial charge on any atom is 0.274 e. The van der Waals surface area contributed by atoms with Crippen LogP contribution in [0.25, 0.3) is 10.8 Å². The smallest absolute Gasteiger partial charge is 0.274 e. The Morgan fingerprint density at radius 3 is 2.26 bits per heavy atom. The van der Waals surface area contributed by atoms with E-state index in [9.17, 15) is 9.59 Å². The number of likely N-dealkylation sites (N-methyl/N-ethyl adjacent to an activating group) is 1. The highest BCUT2D eigenvalue weighted by Crippen LogP contribution is 2.15. The molecule has 0 aliphatic heterocycles. The molecule has 3 rings (SSSR count). The Balaban J connectivity index is 1.96. The van der Waals surface area contributed by atoms with E-state index in [0.717, 1.165) is 17.4 Å². The van der Waals surface area contributed by atoms with E-state index in [0.29, 0.717) is 30.7 Å². The Hall–Kier alpha value is -2.95. The van der Waals surface area contributed by atoms with Gasteiger partial charge in [-0.15, -0.1) is 0 Å². The maximum absolute atomic E-state index is 12.8. The molecule has 0 saturated carbocycles. The second-order valence-corrected chi connectivity index (χ2v) is 6.50. The molecule has 0 bridgehead atoms. The lowest BCUT2D eigenvalue weighted by Gasteiger charge is -2.19. The first-order valence-electron chi connectivity index (χ1n) is 9.44. The zero-order chi connectivity index (χ0) is 19.2. The number of nitrogens with zero attached hydrogens (tertiary/aromatic N) is 3. The molecule has 140 valence electrons. The topological polar surface area (TPSA) is 55.2 Å². The molecule has 1 amide bonds. The summed E-state index contributed by atoms with van der Waals surface area (Å²) in [5.74, 6) is 0.0333. The third-order valence-corrected chi connectivity index (χ3v) is 4.83. The molecule has 0 radical (unpaired) electrons. The van der Waals surface area contributed by atoms with Gasteiger partial charge in [0.15, 0.2) is 0 Å². The predicted molar refractivity (Wildman–Crippen MR) is 108 cm³/mol. The lowest BCUT2D eigenvalue weighted by atomic mass is 10.1. The average Bonchev–Trinajstić information content (AvgIpc) is 2.71. The summed E-state index contributed by atoms with van der Waals surface area (Å²) in [6.07, 6.45) is 0.920. The molecule has 1 aromatic heterocycles. The van der Waals surface area contributed by atoms with Crippen molar-refractivity contribution < 1.29 is 4.79 Å². The summed E-state index contributed by atoms with van der Waals surface area (Å²) >= 11 is 0. The van der Waals surface area contributed by atoms with Crippen LogP contribution in [0.2, 0.25) is 0 Å². The van der Waals surface area contributed by atoms with E-state index in [4.69, 9.17) is 0 Å². The van der Waals surface area contributed by atoms with E-state index in [2.05, 4.69) is 5.10 Å². The highest BCUT2D eigenvalue weighted by atomic mass is 16.2. The quantitative estimate of drug-likeness (QED) is 0.648. The fourth-order valence-electron chi connectivity index (χ4n) is 3.30. The summed E-state index contributed by atoms with van der Waals surface area (Å²) in [5.41, 5.74) is 1.70. The summed E-state index contributed by atoms with van der Waals surface area (Å²) in [6.45, 7) is 5.75. The van der Waals surface area contributed by atoms with E-state index in [1.165, 1.54) is 4.68 Å². The number of hydrogen-bond donors (Lipinski definition) is 0. The van der Waals surface area contributed by atoms with Crippen molar-refractivity contribution >= 4 is 16.7 Å². The van der Waals surface area contributed by atoms with Gasteiger partial charge in [-0.05, 0) is 31.9 Å². The van der Waals surface area contributed by atoms with Gasteiger partial charge in [0, 0.05) is 25.0 Å². The number of rotatable bonds is 7. The summed E-state index contributed by atoms with van der Waals surface area (Å²) in [7, 11) is 0. The van der Waals surface area contributed by atoms with Gasteiger partial charge in [0.2, 0.25) is 5.91 Å². The standard InChI is InChI=1S/C22H25N3O2/c1-3-24(4-2)21(26)16-20-18-12-8-9-13-19(18)22(27)25(23-20)15-14-17-10-6-5-7-11-17/h5-13H,3-4,14-16H2,1-2H3. The van der Waals surface area contributed by atoms with Gasteiger partial charge in [-0.1, -0.05) is 48.5 Å². The summed E-state index contributed by atoms with van der Waals surface area (Å²) in [5, 5.41) is 5.94. The van der Waals surface area contributed by atoms with Crippen molar-refractivity contribution in [3.05, 3.63) is 76.2 Å². The lowest BCUT2D eigenvalue weighted by molar-refractivity contribution is -0.130. The Morgan fingerprint density at radius 2 is 1.59 bits per heavy atom. The van der Waals surface area contributed by atoms with Crippen molar-refractivity contribution in [1.82, 2.24) is 14.7 Å². The van der Waals surface area contributed by atoms with Crippen molar-refractivity contribution in [2.45, 2.75) is 33.2 Å². The van der Waals surface area contributed by atoms with E-state index in [1.54, 1.807) is 4.90 Å². The lowest BCUT2D eigenvalue weighted by Crippen LogP contribution is -2.33. The van der Waals surface area contributed by atoms with Gasteiger partial charge >= 0.3 is 0 Å². The van der Waals surface area contributed by atoms with Crippen LogP contribution in [0.1, 0.15) is 25.1 Å². The van der Waals surface area contributed by atoms with Gasteiger partial charge in [0.1, 0.15) is 0 Å². The van der Waals surface area contributed by atoms with Crippen LogP contribution in [0.3, 0.4) is 0 Å². The number of aryl methyl sites for hydroxylation is 2. The number of carbonyl (C=O) groups excluding carboxylic acids is 1. The highest BCUT2D eigenvalue weighted by Gasteiger charge is 2.16. The molecular formula is C22H25N3O2. The van der Waals surface area contributed by atoms with E-state index < -0.39 is 0 Å². The molecule has 0 unspecified atom stereocenters. The average molecular weight is 363 g/mol.